The van der Waals surface area contributed by atoms with Crippen LogP contribution >= 0.6 is 11.6 Å². The SMILES string of the molecule is C#CCN(C(=O)c1cc(Cl)cc(C(F)(F)F)c1)C(C)C(N)=O. The van der Waals surface area contributed by atoms with E-state index in [0.717, 1.165) is 11.0 Å². The molecule has 2 amide bonds. The van der Waals surface area contributed by atoms with Crippen LogP contribution in [0, 0.1) is 12.3 Å². The van der Waals surface area contributed by atoms with E-state index in [-0.39, 0.29) is 17.1 Å². The molecule has 0 aliphatic carbocycles. The van der Waals surface area contributed by atoms with Crippen LogP contribution in [0.5, 0.6) is 0 Å². The number of carbonyl (C=O) groups is 2. The second kappa shape index (κ2) is 6.71. The summed E-state index contributed by atoms with van der Waals surface area (Å²) in [5.41, 5.74) is 3.70. The van der Waals surface area contributed by atoms with Crippen molar-refractivity contribution in [1.82, 2.24) is 4.90 Å². The number of amides is 2. The molecule has 1 rings (SSSR count). The maximum absolute atomic E-state index is 12.8. The first-order valence-electron chi connectivity index (χ1n) is 5.99. The first-order valence-corrected chi connectivity index (χ1v) is 6.37. The molecule has 0 heterocycles. The molecule has 1 atom stereocenters. The number of nitrogens with zero attached hydrogens (tertiary/aromatic N) is 1. The van der Waals surface area contributed by atoms with Crippen molar-refractivity contribution < 1.29 is 22.8 Å². The fraction of sp³-hybridized carbons (Fsp3) is 0.286. The van der Waals surface area contributed by atoms with Crippen LogP contribution in [0.15, 0.2) is 18.2 Å². The quantitative estimate of drug-likeness (QED) is 0.860. The average Bonchev–Trinajstić information content (AvgIpc) is 2.41. The van der Waals surface area contributed by atoms with Crippen molar-refractivity contribution in [3.05, 3.63) is 34.3 Å². The lowest BCUT2D eigenvalue weighted by atomic mass is 10.1. The second-order valence-corrected chi connectivity index (χ2v) is 4.88. The minimum atomic E-state index is -4.66. The third kappa shape index (κ3) is 4.15. The van der Waals surface area contributed by atoms with Crippen LogP contribution in [0.1, 0.15) is 22.8 Å². The number of alkyl halides is 3. The summed E-state index contributed by atoms with van der Waals surface area (Å²) in [5.74, 6) is 0.460. The lowest BCUT2D eigenvalue weighted by Gasteiger charge is -2.25. The first-order chi connectivity index (χ1) is 10.1. The molecule has 4 nitrogen and oxygen atoms in total. The topological polar surface area (TPSA) is 63.4 Å². The lowest BCUT2D eigenvalue weighted by Crippen LogP contribution is -2.46. The number of carbonyl (C=O) groups excluding carboxylic acids is 2. The van der Waals surface area contributed by atoms with Crippen molar-refractivity contribution in [2.45, 2.75) is 19.1 Å². The summed E-state index contributed by atoms with van der Waals surface area (Å²) in [6, 6.07) is 1.33. The number of hydrogen-bond donors (Lipinski definition) is 1. The van der Waals surface area contributed by atoms with E-state index >= 15 is 0 Å². The highest BCUT2D eigenvalue weighted by atomic mass is 35.5. The van der Waals surface area contributed by atoms with Crippen LogP contribution in [0.3, 0.4) is 0 Å². The number of nitrogens with two attached hydrogens (primary N) is 1. The Bertz CT molecular complexity index is 638. The zero-order valence-electron chi connectivity index (χ0n) is 11.4. The molecule has 22 heavy (non-hydrogen) atoms. The molecule has 118 valence electrons. The van der Waals surface area contributed by atoms with Gasteiger partial charge in [0, 0.05) is 10.6 Å². The van der Waals surface area contributed by atoms with Gasteiger partial charge in [0.15, 0.2) is 0 Å². The Labute approximate surface area is 130 Å². The molecule has 0 saturated carbocycles. The smallest absolute Gasteiger partial charge is 0.368 e. The maximum atomic E-state index is 12.8. The van der Waals surface area contributed by atoms with E-state index in [1.807, 2.05) is 0 Å². The Balaban J connectivity index is 3.28. The van der Waals surface area contributed by atoms with Crippen LogP contribution in [-0.2, 0) is 11.0 Å². The maximum Gasteiger partial charge on any atom is 0.416 e. The molecule has 0 fully saturated rings. The highest BCUT2D eigenvalue weighted by Crippen LogP contribution is 2.32. The van der Waals surface area contributed by atoms with Gasteiger partial charge in [0.25, 0.3) is 5.91 Å². The lowest BCUT2D eigenvalue weighted by molar-refractivity contribution is -0.137. The fourth-order valence-electron chi connectivity index (χ4n) is 1.68. The van der Waals surface area contributed by atoms with Gasteiger partial charge in [0.2, 0.25) is 5.91 Å². The largest absolute Gasteiger partial charge is 0.416 e. The van der Waals surface area contributed by atoms with E-state index in [4.69, 9.17) is 23.8 Å². The van der Waals surface area contributed by atoms with Crippen LogP contribution in [-0.4, -0.2) is 29.3 Å². The van der Waals surface area contributed by atoms with Crippen molar-refractivity contribution in [2.75, 3.05) is 6.54 Å². The molecule has 0 aliphatic rings. The van der Waals surface area contributed by atoms with Crippen LogP contribution in [0.2, 0.25) is 5.02 Å². The van der Waals surface area contributed by atoms with Crippen LogP contribution in [0.25, 0.3) is 0 Å². The molecule has 1 aromatic carbocycles. The van der Waals surface area contributed by atoms with Gasteiger partial charge in [-0.25, -0.2) is 0 Å². The van der Waals surface area contributed by atoms with E-state index in [2.05, 4.69) is 5.92 Å². The Morgan fingerprint density at radius 2 is 2.00 bits per heavy atom. The van der Waals surface area contributed by atoms with Gasteiger partial charge in [-0.05, 0) is 25.1 Å². The van der Waals surface area contributed by atoms with Gasteiger partial charge in [-0.15, -0.1) is 6.42 Å². The molecule has 0 spiro atoms. The molecule has 0 aromatic heterocycles. The number of hydrogen-bond acceptors (Lipinski definition) is 2. The molecular formula is C14H12ClF3N2O2. The van der Waals surface area contributed by atoms with Crippen LogP contribution < -0.4 is 5.73 Å². The van der Waals surface area contributed by atoms with E-state index in [1.165, 1.54) is 6.92 Å². The Kier molecular flexibility index (Phi) is 5.44. The average molecular weight is 333 g/mol. The summed E-state index contributed by atoms with van der Waals surface area (Å²) in [6.07, 6.45) is 0.450. The van der Waals surface area contributed by atoms with Gasteiger partial charge in [0.05, 0.1) is 12.1 Å². The third-order valence-corrected chi connectivity index (χ3v) is 3.09. The molecule has 1 aromatic rings. The van der Waals surface area contributed by atoms with Crippen molar-refractivity contribution in [3.8, 4) is 12.3 Å². The Morgan fingerprint density at radius 3 is 2.45 bits per heavy atom. The molecule has 1 unspecified atom stereocenters. The molecule has 2 N–H and O–H groups in total. The highest BCUT2D eigenvalue weighted by Gasteiger charge is 2.33. The van der Waals surface area contributed by atoms with Gasteiger partial charge in [-0.2, -0.15) is 13.2 Å². The molecular weight excluding hydrogens is 321 g/mol. The molecule has 0 saturated heterocycles. The molecule has 0 radical (unpaired) electrons. The minimum Gasteiger partial charge on any atom is -0.368 e. The third-order valence-electron chi connectivity index (χ3n) is 2.87. The van der Waals surface area contributed by atoms with E-state index < -0.39 is 29.6 Å². The number of benzene rings is 1. The predicted molar refractivity (Wildman–Crippen MR) is 75.0 cm³/mol. The monoisotopic (exact) mass is 332 g/mol. The van der Waals surface area contributed by atoms with Gasteiger partial charge < -0.3 is 10.6 Å². The summed E-state index contributed by atoms with van der Waals surface area (Å²) in [7, 11) is 0. The summed E-state index contributed by atoms with van der Waals surface area (Å²) in [6.45, 7) is 1.05. The number of halogens is 4. The summed E-state index contributed by atoms with van der Waals surface area (Å²) >= 11 is 5.62. The van der Waals surface area contributed by atoms with Crippen molar-refractivity contribution in [3.63, 3.8) is 0 Å². The molecule has 8 heteroatoms. The Morgan fingerprint density at radius 1 is 1.41 bits per heavy atom. The van der Waals surface area contributed by atoms with Gasteiger partial charge in [-0.1, -0.05) is 17.5 Å². The fourth-order valence-corrected chi connectivity index (χ4v) is 1.91. The van der Waals surface area contributed by atoms with Gasteiger partial charge in [-0.3, -0.25) is 9.59 Å². The normalized spacial score (nSPS) is 12.4. The van der Waals surface area contributed by atoms with Gasteiger partial charge in [0.1, 0.15) is 6.04 Å². The summed E-state index contributed by atoms with van der Waals surface area (Å²) in [5, 5.41) is -0.259. The second-order valence-electron chi connectivity index (χ2n) is 4.44. The van der Waals surface area contributed by atoms with Gasteiger partial charge >= 0.3 is 6.18 Å². The van der Waals surface area contributed by atoms with Crippen molar-refractivity contribution in [1.29, 1.82) is 0 Å². The van der Waals surface area contributed by atoms with E-state index in [9.17, 15) is 22.8 Å². The minimum absolute atomic E-state index is 0.259. The first kappa shape index (κ1) is 17.9. The van der Waals surface area contributed by atoms with Crippen molar-refractivity contribution in [2.24, 2.45) is 5.73 Å². The van der Waals surface area contributed by atoms with Crippen molar-refractivity contribution >= 4 is 23.4 Å². The molecule has 0 bridgehead atoms. The number of terminal acetylenes is 1. The number of primary amides is 1. The predicted octanol–water partition coefficient (Wildman–Crippen LogP) is 2.31. The zero-order valence-corrected chi connectivity index (χ0v) is 12.2. The molecule has 0 aliphatic heterocycles. The summed E-state index contributed by atoms with van der Waals surface area (Å²) < 4.78 is 38.3. The standard InChI is InChI=1S/C14H12ClF3N2O2/c1-3-4-20(8(2)12(19)21)13(22)9-5-10(14(16,17)18)7-11(15)6-9/h1,5-8H,4H2,2H3,(H2,19,21). The number of rotatable bonds is 4. The highest BCUT2D eigenvalue weighted by molar-refractivity contribution is 6.31. The summed E-state index contributed by atoms with van der Waals surface area (Å²) in [4.78, 5) is 24.4. The van der Waals surface area contributed by atoms with E-state index in [0.29, 0.717) is 12.1 Å². The zero-order chi connectivity index (χ0) is 17.1. The van der Waals surface area contributed by atoms with E-state index in [1.54, 1.807) is 0 Å². The Hall–Kier alpha value is -2.20. The van der Waals surface area contributed by atoms with Crippen LogP contribution in [0.4, 0.5) is 13.2 Å².